The number of rotatable bonds is 8. The number of nitrogens with one attached hydrogen (secondary N) is 2. The van der Waals surface area contributed by atoms with E-state index in [0.717, 1.165) is 19.3 Å². The molecule has 0 spiro atoms. The average Bonchev–Trinajstić information content (AvgIpc) is 3.11. The number of hydrogen-bond donors (Lipinski definition) is 2. The van der Waals surface area contributed by atoms with Gasteiger partial charge >= 0.3 is 0 Å². The Morgan fingerprint density at radius 1 is 1.07 bits per heavy atom. The van der Waals surface area contributed by atoms with E-state index < -0.39 is 0 Å². The van der Waals surface area contributed by atoms with E-state index in [0.29, 0.717) is 23.5 Å². The van der Waals surface area contributed by atoms with E-state index in [-0.39, 0.29) is 23.3 Å². The van der Waals surface area contributed by atoms with Crippen LogP contribution in [0.25, 0.3) is 5.52 Å². The largest absolute Gasteiger partial charge is 0.497 e. The number of methoxy groups -OCH3 is 1. The van der Waals surface area contributed by atoms with Crippen molar-refractivity contribution in [3.05, 3.63) is 60.2 Å². The van der Waals surface area contributed by atoms with Crippen molar-refractivity contribution in [3.63, 3.8) is 0 Å². The van der Waals surface area contributed by atoms with Crippen LogP contribution in [-0.2, 0) is 0 Å². The number of nitrogens with zero attached hydrogens (tertiary/aromatic N) is 2. The number of pyridine rings is 1. The monoisotopic (exact) mass is 380 g/mol. The lowest BCUT2D eigenvalue weighted by Gasteiger charge is -2.05. The van der Waals surface area contributed by atoms with Gasteiger partial charge in [-0.05, 0) is 42.8 Å². The van der Waals surface area contributed by atoms with Gasteiger partial charge in [0.1, 0.15) is 5.75 Å². The van der Waals surface area contributed by atoms with Gasteiger partial charge in [0.25, 0.3) is 11.8 Å². The lowest BCUT2D eigenvalue weighted by Crippen LogP contribution is -2.26. The van der Waals surface area contributed by atoms with Crippen molar-refractivity contribution in [3.8, 4) is 5.75 Å². The van der Waals surface area contributed by atoms with Gasteiger partial charge in [-0.1, -0.05) is 25.8 Å². The molecular formula is C21H24N4O3. The molecule has 0 radical (unpaired) electrons. The van der Waals surface area contributed by atoms with Crippen molar-refractivity contribution in [2.24, 2.45) is 0 Å². The Morgan fingerprint density at radius 2 is 1.86 bits per heavy atom. The zero-order chi connectivity index (χ0) is 19.9. The van der Waals surface area contributed by atoms with Crippen molar-refractivity contribution >= 4 is 23.0 Å². The summed E-state index contributed by atoms with van der Waals surface area (Å²) in [5.74, 6) is 0.235. The second-order valence-corrected chi connectivity index (χ2v) is 6.39. The van der Waals surface area contributed by atoms with Gasteiger partial charge in [0, 0.05) is 18.4 Å². The maximum absolute atomic E-state index is 12.8. The SMILES string of the molecule is CCCCCNC(=O)c1nc(C(=O)Nc2ccc(OC)cc2)c2ccccn12. The number of ether oxygens (including phenoxy) is 1. The fraction of sp³-hybridized carbons (Fsp3) is 0.286. The van der Waals surface area contributed by atoms with E-state index in [4.69, 9.17) is 4.74 Å². The van der Waals surface area contributed by atoms with Crippen LogP contribution in [0.3, 0.4) is 0 Å². The highest BCUT2D eigenvalue weighted by Crippen LogP contribution is 2.18. The molecule has 0 aliphatic heterocycles. The number of carbonyl (C=O) groups excluding carboxylic acids is 2. The summed E-state index contributed by atoms with van der Waals surface area (Å²) in [6, 6.07) is 12.4. The molecule has 0 aliphatic carbocycles. The fourth-order valence-corrected chi connectivity index (χ4v) is 2.89. The molecule has 7 nitrogen and oxygen atoms in total. The smallest absolute Gasteiger partial charge is 0.287 e. The molecule has 0 saturated carbocycles. The van der Waals surface area contributed by atoms with Crippen molar-refractivity contribution in [2.75, 3.05) is 19.0 Å². The molecule has 0 bridgehead atoms. The van der Waals surface area contributed by atoms with Crippen LogP contribution in [0, 0.1) is 0 Å². The third-order valence-corrected chi connectivity index (χ3v) is 4.38. The summed E-state index contributed by atoms with van der Waals surface area (Å²) in [4.78, 5) is 29.6. The second-order valence-electron chi connectivity index (χ2n) is 6.39. The molecule has 28 heavy (non-hydrogen) atoms. The molecule has 0 fully saturated rings. The number of fused-ring (bicyclic) bond motifs is 1. The summed E-state index contributed by atoms with van der Waals surface area (Å²) >= 11 is 0. The molecule has 146 valence electrons. The van der Waals surface area contributed by atoms with Crippen molar-refractivity contribution in [2.45, 2.75) is 26.2 Å². The van der Waals surface area contributed by atoms with Crippen LogP contribution in [0.4, 0.5) is 5.69 Å². The standard InChI is InChI=1S/C21H24N4O3/c1-3-4-6-13-22-21(27)19-24-18(17-8-5-7-14-25(17)19)20(26)23-15-9-11-16(28-2)12-10-15/h5,7-12,14H,3-4,6,13H2,1-2H3,(H,22,27)(H,23,26). The van der Waals surface area contributed by atoms with Crippen molar-refractivity contribution < 1.29 is 14.3 Å². The molecule has 2 aromatic heterocycles. The number of carbonyl (C=O) groups is 2. The number of benzene rings is 1. The summed E-state index contributed by atoms with van der Waals surface area (Å²) in [7, 11) is 1.58. The van der Waals surface area contributed by atoms with Crippen LogP contribution >= 0.6 is 0 Å². The fourth-order valence-electron chi connectivity index (χ4n) is 2.89. The molecule has 0 saturated heterocycles. The molecule has 0 atom stereocenters. The third-order valence-electron chi connectivity index (χ3n) is 4.38. The zero-order valence-electron chi connectivity index (χ0n) is 16.1. The first-order valence-electron chi connectivity index (χ1n) is 9.34. The minimum Gasteiger partial charge on any atom is -0.497 e. The Balaban J connectivity index is 1.82. The average molecular weight is 380 g/mol. The van der Waals surface area contributed by atoms with Gasteiger partial charge in [-0.15, -0.1) is 0 Å². The number of anilines is 1. The first-order valence-corrected chi connectivity index (χ1v) is 9.34. The predicted octanol–water partition coefficient (Wildman–Crippen LogP) is 3.52. The minimum atomic E-state index is -0.376. The highest BCUT2D eigenvalue weighted by molar-refractivity contribution is 6.08. The molecule has 3 rings (SSSR count). The van der Waals surface area contributed by atoms with Crippen LogP contribution in [0.1, 0.15) is 47.3 Å². The van der Waals surface area contributed by atoms with Crippen LogP contribution in [0.2, 0.25) is 0 Å². The zero-order valence-corrected chi connectivity index (χ0v) is 16.1. The first kappa shape index (κ1) is 19.4. The summed E-state index contributed by atoms with van der Waals surface area (Å²) < 4.78 is 6.76. The predicted molar refractivity (Wildman–Crippen MR) is 108 cm³/mol. The van der Waals surface area contributed by atoms with Gasteiger partial charge in [0.2, 0.25) is 5.82 Å². The Hall–Kier alpha value is -3.35. The molecule has 2 amide bonds. The number of aromatic nitrogens is 2. The van der Waals surface area contributed by atoms with Crippen LogP contribution < -0.4 is 15.4 Å². The Labute approximate surface area is 163 Å². The molecule has 0 aliphatic rings. The van der Waals surface area contributed by atoms with Crippen molar-refractivity contribution in [1.29, 1.82) is 0 Å². The van der Waals surface area contributed by atoms with Gasteiger partial charge in [0.15, 0.2) is 5.69 Å². The number of unbranched alkanes of at least 4 members (excludes halogenated alkanes) is 2. The highest BCUT2D eigenvalue weighted by Gasteiger charge is 2.21. The van der Waals surface area contributed by atoms with Gasteiger partial charge < -0.3 is 15.4 Å². The molecule has 2 N–H and O–H groups in total. The molecule has 7 heteroatoms. The van der Waals surface area contributed by atoms with E-state index in [9.17, 15) is 9.59 Å². The quantitative estimate of drug-likeness (QED) is 0.586. The number of hydrogen-bond acceptors (Lipinski definition) is 4. The van der Waals surface area contributed by atoms with Crippen molar-refractivity contribution in [1.82, 2.24) is 14.7 Å². The van der Waals surface area contributed by atoms with Gasteiger partial charge in [0.05, 0.1) is 12.6 Å². The van der Waals surface area contributed by atoms with E-state index in [1.165, 1.54) is 0 Å². The van der Waals surface area contributed by atoms with E-state index >= 15 is 0 Å². The summed E-state index contributed by atoms with van der Waals surface area (Å²) in [5.41, 5.74) is 1.40. The molecule has 0 unspecified atom stereocenters. The van der Waals surface area contributed by atoms with Crippen LogP contribution in [-0.4, -0.2) is 34.9 Å². The Bertz CT molecular complexity index is 963. The number of imidazole rings is 1. The molecule has 2 heterocycles. The molecule has 1 aromatic carbocycles. The maximum Gasteiger partial charge on any atom is 0.287 e. The van der Waals surface area contributed by atoms with Crippen LogP contribution in [0.15, 0.2) is 48.7 Å². The summed E-state index contributed by atoms with van der Waals surface area (Å²) in [6.45, 7) is 2.69. The second kappa shape index (κ2) is 9.03. The van der Waals surface area contributed by atoms with Gasteiger partial charge in [-0.3, -0.25) is 14.0 Å². The minimum absolute atomic E-state index is 0.201. The summed E-state index contributed by atoms with van der Waals surface area (Å²) in [6.07, 6.45) is 4.78. The van der Waals surface area contributed by atoms with E-state index in [2.05, 4.69) is 22.5 Å². The molecule has 3 aromatic rings. The lowest BCUT2D eigenvalue weighted by atomic mass is 10.2. The normalized spacial score (nSPS) is 10.6. The third kappa shape index (κ3) is 4.31. The van der Waals surface area contributed by atoms with E-state index in [1.54, 1.807) is 54.1 Å². The lowest BCUT2D eigenvalue weighted by molar-refractivity contribution is 0.0942. The first-order chi connectivity index (χ1) is 13.6. The molecular weight excluding hydrogens is 356 g/mol. The Kier molecular flexibility index (Phi) is 6.26. The van der Waals surface area contributed by atoms with Gasteiger partial charge in [-0.25, -0.2) is 4.98 Å². The van der Waals surface area contributed by atoms with E-state index in [1.807, 2.05) is 6.07 Å². The maximum atomic E-state index is 12.8. The highest BCUT2D eigenvalue weighted by atomic mass is 16.5. The summed E-state index contributed by atoms with van der Waals surface area (Å²) in [5, 5.41) is 5.68. The number of amides is 2. The van der Waals surface area contributed by atoms with Gasteiger partial charge in [-0.2, -0.15) is 0 Å². The topological polar surface area (TPSA) is 84.7 Å². The van der Waals surface area contributed by atoms with Crippen LogP contribution in [0.5, 0.6) is 5.75 Å². The Morgan fingerprint density at radius 3 is 2.57 bits per heavy atom.